The highest BCUT2D eigenvalue weighted by Gasteiger charge is 2.29. The van der Waals surface area contributed by atoms with E-state index in [1.54, 1.807) is 12.1 Å². The van der Waals surface area contributed by atoms with Crippen LogP contribution >= 0.6 is 0 Å². The Morgan fingerprint density at radius 3 is 2.88 bits per heavy atom. The number of benzene rings is 1. The average molecular weight is 223 g/mol. The molecule has 1 heterocycles. The summed E-state index contributed by atoms with van der Waals surface area (Å²) in [5.41, 5.74) is 6.83. The minimum Gasteiger partial charge on any atom is -0.378 e. The summed E-state index contributed by atoms with van der Waals surface area (Å²) in [6.07, 6.45) is 1.77. The lowest BCUT2D eigenvalue weighted by Gasteiger charge is -2.22. The molecule has 1 aromatic carbocycles. The molecule has 3 heteroatoms. The van der Waals surface area contributed by atoms with Crippen LogP contribution in [0.2, 0.25) is 0 Å². The van der Waals surface area contributed by atoms with E-state index >= 15 is 0 Å². The number of hydrogen-bond donors (Lipinski definition) is 1. The zero-order valence-electron chi connectivity index (χ0n) is 9.53. The third-order valence-corrected chi connectivity index (χ3v) is 3.40. The number of hydrogen-bond acceptors (Lipinski definition) is 2. The van der Waals surface area contributed by atoms with E-state index in [1.165, 1.54) is 6.07 Å². The van der Waals surface area contributed by atoms with Crippen LogP contribution in [0.5, 0.6) is 0 Å². The highest BCUT2D eigenvalue weighted by molar-refractivity contribution is 5.18. The van der Waals surface area contributed by atoms with Crippen LogP contribution < -0.4 is 5.73 Å². The first-order valence-electron chi connectivity index (χ1n) is 5.79. The van der Waals surface area contributed by atoms with Crippen molar-refractivity contribution in [3.63, 3.8) is 0 Å². The Kier molecular flexibility index (Phi) is 3.56. The maximum atomic E-state index is 13.4. The van der Waals surface area contributed by atoms with Crippen LogP contribution in [0.15, 0.2) is 24.3 Å². The van der Waals surface area contributed by atoms with E-state index in [0.717, 1.165) is 13.0 Å². The minimum atomic E-state index is -0.162. The fourth-order valence-corrected chi connectivity index (χ4v) is 2.38. The van der Waals surface area contributed by atoms with Crippen LogP contribution in [0.4, 0.5) is 4.39 Å². The third kappa shape index (κ3) is 2.42. The van der Waals surface area contributed by atoms with Gasteiger partial charge in [0.1, 0.15) is 5.82 Å². The van der Waals surface area contributed by atoms with Gasteiger partial charge in [-0.05, 0) is 31.4 Å². The van der Waals surface area contributed by atoms with Crippen LogP contribution in [0.1, 0.15) is 18.9 Å². The van der Waals surface area contributed by atoms with E-state index in [1.807, 2.05) is 13.0 Å². The summed E-state index contributed by atoms with van der Waals surface area (Å²) >= 11 is 0. The van der Waals surface area contributed by atoms with Gasteiger partial charge in [-0.25, -0.2) is 4.39 Å². The highest BCUT2D eigenvalue weighted by atomic mass is 19.1. The van der Waals surface area contributed by atoms with E-state index < -0.39 is 0 Å². The van der Waals surface area contributed by atoms with Crippen LogP contribution in [0, 0.1) is 11.7 Å². The molecule has 88 valence electrons. The summed E-state index contributed by atoms with van der Waals surface area (Å²) < 4.78 is 18.9. The monoisotopic (exact) mass is 223 g/mol. The lowest BCUT2D eigenvalue weighted by Crippen LogP contribution is -2.36. The van der Waals surface area contributed by atoms with E-state index in [-0.39, 0.29) is 18.0 Å². The van der Waals surface area contributed by atoms with Gasteiger partial charge in [-0.3, -0.25) is 0 Å². The molecule has 3 atom stereocenters. The van der Waals surface area contributed by atoms with Gasteiger partial charge in [-0.1, -0.05) is 18.2 Å². The molecule has 0 aromatic heterocycles. The van der Waals surface area contributed by atoms with Crippen LogP contribution in [-0.2, 0) is 11.2 Å². The topological polar surface area (TPSA) is 35.2 Å². The minimum absolute atomic E-state index is 0.0191. The first-order chi connectivity index (χ1) is 7.68. The quantitative estimate of drug-likeness (QED) is 0.852. The van der Waals surface area contributed by atoms with Gasteiger partial charge >= 0.3 is 0 Å². The molecule has 3 unspecified atom stereocenters. The number of ether oxygens (including phenoxy) is 1. The molecule has 2 nitrogen and oxygen atoms in total. The zero-order valence-corrected chi connectivity index (χ0v) is 9.53. The fraction of sp³-hybridized carbons (Fsp3) is 0.538. The Hall–Kier alpha value is -0.930. The van der Waals surface area contributed by atoms with Gasteiger partial charge in [0.05, 0.1) is 6.10 Å². The second kappa shape index (κ2) is 4.93. The standard InChI is InChI=1S/C13H18FNO/c1-9-11(6-7-16-9)13(15)8-10-4-2-3-5-12(10)14/h2-5,9,11,13H,6-8,15H2,1H3. The van der Waals surface area contributed by atoms with Crippen LogP contribution in [0.25, 0.3) is 0 Å². The lowest BCUT2D eigenvalue weighted by atomic mass is 9.89. The smallest absolute Gasteiger partial charge is 0.126 e. The van der Waals surface area contributed by atoms with E-state index in [4.69, 9.17) is 10.5 Å². The second-order valence-electron chi connectivity index (χ2n) is 4.49. The molecule has 16 heavy (non-hydrogen) atoms. The lowest BCUT2D eigenvalue weighted by molar-refractivity contribution is 0.0994. The van der Waals surface area contributed by atoms with Crippen molar-refractivity contribution in [2.24, 2.45) is 11.7 Å². The molecule has 1 saturated heterocycles. The first-order valence-corrected chi connectivity index (χ1v) is 5.79. The van der Waals surface area contributed by atoms with Crippen molar-refractivity contribution >= 4 is 0 Å². The van der Waals surface area contributed by atoms with Gasteiger partial charge in [0.15, 0.2) is 0 Å². The molecular formula is C13H18FNO. The highest BCUT2D eigenvalue weighted by Crippen LogP contribution is 2.25. The molecule has 0 spiro atoms. The van der Waals surface area contributed by atoms with Crippen molar-refractivity contribution in [2.45, 2.75) is 31.9 Å². The summed E-state index contributed by atoms with van der Waals surface area (Å²) in [4.78, 5) is 0. The molecule has 2 N–H and O–H groups in total. The first kappa shape index (κ1) is 11.6. The molecule has 1 fully saturated rings. The van der Waals surface area contributed by atoms with E-state index in [0.29, 0.717) is 17.9 Å². The summed E-state index contributed by atoms with van der Waals surface area (Å²) in [7, 11) is 0. The van der Waals surface area contributed by atoms with E-state index in [2.05, 4.69) is 0 Å². The van der Waals surface area contributed by atoms with Gasteiger partial charge in [0.25, 0.3) is 0 Å². The Morgan fingerprint density at radius 1 is 1.50 bits per heavy atom. The van der Waals surface area contributed by atoms with Crippen molar-refractivity contribution in [2.75, 3.05) is 6.61 Å². The normalized spacial score (nSPS) is 26.9. The number of halogens is 1. The van der Waals surface area contributed by atoms with Gasteiger partial charge in [-0.2, -0.15) is 0 Å². The molecule has 2 rings (SSSR count). The predicted molar refractivity (Wildman–Crippen MR) is 61.6 cm³/mol. The maximum absolute atomic E-state index is 13.4. The Balaban J connectivity index is 2.02. The van der Waals surface area contributed by atoms with Crippen molar-refractivity contribution in [3.05, 3.63) is 35.6 Å². The number of rotatable bonds is 3. The van der Waals surface area contributed by atoms with Gasteiger partial charge in [-0.15, -0.1) is 0 Å². The molecule has 0 saturated carbocycles. The van der Waals surface area contributed by atoms with Crippen molar-refractivity contribution in [3.8, 4) is 0 Å². The maximum Gasteiger partial charge on any atom is 0.126 e. The number of nitrogens with two attached hydrogens (primary N) is 1. The van der Waals surface area contributed by atoms with Crippen molar-refractivity contribution < 1.29 is 9.13 Å². The summed E-state index contributed by atoms with van der Waals surface area (Å²) in [5, 5.41) is 0. The zero-order chi connectivity index (χ0) is 11.5. The van der Waals surface area contributed by atoms with E-state index in [9.17, 15) is 4.39 Å². The van der Waals surface area contributed by atoms with Gasteiger partial charge < -0.3 is 10.5 Å². The molecule has 1 aromatic rings. The Bertz CT molecular complexity index is 356. The summed E-state index contributed by atoms with van der Waals surface area (Å²) in [6, 6.07) is 6.81. The molecular weight excluding hydrogens is 205 g/mol. The fourth-order valence-electron chi connectivity index (χ4n) is 2.38. The summed E-state index contributed by atoms with van der Waals surface area (Å²) in [5.74, 6) is 0.184. The molecule has 0 aliphatic carbocycles. The average Bonchev–Trinajstić information content (AvgIpc) is 2.68. The van der Waals surface area contributed by atoms with Gasteiger partial charge in [0.2, 0.25) is 0 Å². The SMILES string of the molecule is CC1OCCC1C(N)Cc1ccccc1F. The van der Waals surface area contributed by atoms with Crippen LogP contribution in [0.3, 0.4) is 0 Å². The predicted octanol–water partition coefficient (Wildman–Crippen LogP) is 2.12. The molecule has 0 radical (unpaired) electrons. The molecule has 1 aliphatic rings. The molecule has 0 amide bonds. The molecule has 0 bridgehead atoms. The summed E-state index contributed by atoms with van der Waals surface area (Å²) in [6.45, 7) is 2.82. The Labute approximate surface area is 95.6 Å². The van der Waals surface area contributed by atoms with Crippen molar-refractivity contribution in [1.82, 2.24) is 0 Å². The largest absolute Gasteiger partial charge is 0.378 e. The molecule has 1 aliphatic heterocycles. The van der Waals surface area contributed by atoms with Crippen LogP contribution in [-0.4, -0.2) is 18.8 Å². The second-order valence-corrected chi connectivity index (χ2v) is 4.49. The van der Waals surface area contributed by atoms with Crippen molar-refractivity contribution in [1.29, 1.82) is 0 Å². The van der Waals surface area contributed by atoms with Gasteiger partial charge in [0, 0.05) is 18.6 Å². The Morgan fingerprint density at radius 2 is 2.25 bits per heavy atom. The third-order valence-electron chi connectivity index (χ3n) is 3.40.